The van der Waals surface area contributed by atoms with Gasteiger partial charge in [0.25, 0.3) is 0 Å². The van der Waals surface area contributed by atoms with E-state index in [4.69, 9.17) is 9.47 Å². The van der Waals surface area contributed by atoms with Crippen LogP contribution >= 0.6 is 0 Å². The van der Waals surface area contributed by atoms with Crippen molar-refractivity contribution in [3.63, 3.8) is 0 Å². The summed E-state index contributed by atoms with van der Waals surface area (Å²) < 4.78 is 24.1. The maximum absolute atomic E-state index is 13.8. The molecule has 4 nitrogen and oxygen atoms in total. The van der Waals surface area contributed by atoms with Crippen molar-refractivity contribution in [2.75, 3.05) is 47.5 Å². The maximum Gasteiger partial charge on any atom is 0.165 e. The normalized spacial score (nSPS) is 11.0. The van der Waals surface area contributed by atoms with Gasteiger partial charge in [0.15, 0.2) is 11.6 Å². The third-order valence-corrected chi connectivity index (χ3v) is 2.60. The molecule has 0 atom stereocenters. The minimum atomic E-state index is -0.315. The zero-order chi connectivity index (χ0) is 14.1. The van der Waals surface area contributed by atoms with E-state index >= 15 is 0 Å². The summed E-state index contributed by atoms with van der Waals surface area (Å²) >= 11 is 0. The highest BCUT2D eigenvalue weighted by molar-refractivity contribution is 5.29. The number of methoxy groups -OCH3 is 1. The van der Waals surface area contributed by atoms with E-state index in [9.17, 15) is 4.39 Å². The van der Waals surface area contributed by atoms with Crippen LogP contribution < -0.4 is 10.1 Å². The lowest BCUT2D eigenvalue weighted by atomic mass is 10.2. The summed E-state index contributed by atoms with van der Waals surface area (Å²) in [5.41, 5.74) is 0.897. The Hall–Kier alpha value is -1.17. The standard InChI is InChI=1S/C14H23FN2O2/c1-17(2)7-9-19-14-5-4-12(10-13(14)15)11-16-6-8-18-3/h4-5,10,16H,6-9,11H2,1-3H3. The molecule has 1 rings (SSSR count). The molecule has 0 radical (unpaired) electrons. The van der Waals surface area contributed by atoms with Gasteiger partial charge in [-0.05, 0) is 31.8 Å². The summed E-state index contributed by atoms with van der Waals surface area (Å²) in [5, 5.41) is 3.17. The zero-order valence-corrected chi connectivity index (χ0v) is 11.9. The first kappa shape index (κ1) is 15.9. The van der Waals surface area contributed by atoms with Gasteiger partial charge in [-0.2, -0.15) is 0 Å². The van der Waals surface area contributed by atoms with Crippen molar-refractivity contribution in [3.05, 3.63) is 29.6 Å². The zero-order valence-electron chi connectivity index (χ0n) is 11.9. The number of nitrogens with one attached hydrogen (secondary N) is 1. The fraction of sp³-hybridized carbons (Fsp3) is 0.571. The highest BCUT2D eigenvalue weighted by atomic mass is 19.1. The van der Waals surface area contributed by atoms with Crippen molar-refractivity contribution in [2.45, 2.75) is 6.54 Å². The van der Waals surface area contributed by atoms with Crippen LogP contribution in [0.1, 0.15) is 5.56 Å². The van der Waals surface area contributed by atoms with Crippen LogP contribution in [0.5, 0.6) is 5.75 Å². The SMILES string of the molecule is COCCNCc1ccc(OCCN(C)C)c(F)c1. The maximum atomic E-state index is 13.8. The molecule has 0 fully saturated rings. The van der Waals surface area contributed by atoms with E-state index in [0.717, 1.165) is 18.7 Å². The first-order chi connectivity index (χ1) is 9.13. The van der Waals surface area contributed by atoms with Crippen LogP contribution in [0.25, 0.3) is 0 Å². The third-order valence-electron chi connectivity index (χ3n) is 2.60. The predicted octanol–water partition coefficient (Wildman–Crippen LogP) is 1.50. The quantitative estimate of drug-likeness (QED) is 0.690. The Balaban J connectivity index is 2.40. The molecule has 0 unspecified atom stereocenters. The van der Waals surface area contributed by atoms with Crippen LogP contribution in [0.3, 0.4) is 0 Å². The third kappa shape index (κ3) is 6.52. The lowest BCUT2D eigenvalue weighted by molar-refractivity contribution is 0.199. The van der Waals surface area contributed by atoms with Gasteiger partial charge in [-0.3, -0.25) is 0 Å². The Labute approximate surface area is 114 Å². The van der Waals surface area contributed by atoms with E-state index in [1.54, 1.807) is 13.2 Å². The van der Waals surface area contributed by atoms with Crippen LogP contribution in [0.2, 0.25) is 0 Å². The van der Waals surface area contributed by atoms with E-state index in [1.165, 1.54) is 6.07 Å². The molecule has 5 heteroatoms. The van der Waals surface area contributed by atoms with E-state index < -0.39 is 0 Å². The minimum Gasteiger partial charge on any atom is -0.489 e. The lowest BCUT2D eigenvalue weighted by Crippen LogP contribution is -2.20. The number of rotatable bonds is 9. The van der Waals surface area contributed by atoms with Gasteiger partial charge in [0.2, 0.25) is 0 Å². The second-order valence-electron chi connectivity index (χ2n) is 4.59. The summed E-state index contributed by atoms with van der Waals surface area (Å²) in [6, 6.07) is 5.05. The molecule has 0 spiro atoms. The van der Waals surface area contributed by atoms with Crippen LogP contribution in [0, 0.1) is 5.82 Å². The Morgan fingerprint density at radius 3 is 2.68 bits per heavy atom. The van der Waals surface area contributed by atoms with Crippen LogP contribution in [0.15, 0.2) is 18.2 Å². The molecule has 0 amide bonds. The molecule has 0 saturated carbocycles. The Bertz CT molecular complexity index is 372. The molecule has 0 saturated heterocycles. The van der Waals surface area contributed by atoms with Gasteiger partial charge < -0.3 is 19.7 Å². The van der Waals surface area contributed by atoms with Gasteiger partial charge in [-0.15, -0.1) is 0 Å². The molecule has 1 N–H and O–H groups in total. The number of halogens is 1. The van der Waals surface area contributed by atoms with Crippen LogP contribution in [-0.4, -0.2) is 52.4 Å². The fourth-order valence-electron chi connectivity index (χ4n) is 1.52. The summed E-state index contributed by atoms with van der Waals surface area (Å²) in [6.45, 7) is 3.26. The second-order valence-corrected chi connectivity index (χ2v) is 4.59. The molecule has 0 aliphatic carbocycles. The van der Waals surface area contributed by atoms with E-state index in [0.29, 0.717) is 25.5 Å². The number of hydrogen-bond acceptors (Lipinski definition) is 4. The van der Waals surface area contributed by atoms with Crippen LogP contribution in [-0.2, 0) is 11.3 Å². The van der Waals surface area contributed by atoms with Gasteiger partial charge >= 0.3 is 0 Å². The summed E-state index contributed by atoms with van der Waals surface area (Å²) in [7, 11) is 5.56. The number of ether oxygens (including phenoxy) is 2. The number of nitrogens with zero attached hydrogens (tertiary/aromatic N) is 1. The number of likely N-dealkylation sites (N-methyl/N-ethyl adjacent to an activating group) is 1. The van der Waals surface area contributed by atoms with Crippen molar-refractivity contribution in [3.8, 4) is 5.75 Å². The molecule has 1 aromatic rings. The molecule has 108 valence electrons. The topological polar surface area (TPSA) is 33.7 Å². The van der Waals surface area contributed by atoms with Gasteiger partial charge in [0, 0.05) is 26.7 Å². The molecule has 0 aromatic heterocycles. The molecule has 0 aliphatic heterocycles. The van der Waals surface area contributed by atoms with Crippen molar-refractivity contribution < 1.29 is 13.9 Å². The van der Waals surface area contributed by atoms with Gasteiger partial charge in [0.1, 0.15) is 6.61 Å². The Kier molecular flexibility index (Phi) is 7.40. The van der Waals surface area contributed by atoms with E-state index in [2.05, 4.69) is 5.32 Å². The first-order valence-corrected chi connectivity index (χ1v) is 6.39. The average Bonchev–Trinajstić information content (AvgIpc) is 2.37. The van der Waals surface area contributed by atoms with E-state index in [1.807, 2.05) is 25.1 Å². The monoisotopic (exact) mass is 270 g/mol. The highest BCUT2D eigenvalue weighted by Gasteiger charge is 2.05. The second kappa shape index (κ2) is 8.85. The average molecular weight is 270 g/mol. The minimum absolute atomic E-state index is 0.308. The van der Waals surface area contributed by atoms with Gasteiger partial charge in [0.05, 0.1) is 6.61 Å². The van der Waals surface area contributed by atoms with E-state index in [-0.39, 0.29) is 5.82 Å². The first-order valence-electron chi connectivity index (χ1n) is 6.39. The summed E-state index contributed by atoms with van der Waals surface area (Å²) in [5.74, 6) is -0.00714. The largest absolute Gasteiger partial charge is 0.489 e. The van der Waals surface area contributed by atoms with Crippen molar-refractivity contribution >= 4 is 0 Å². The fourth-order valence-corrected chi connectivity index (χ4v) is 1.52. The van der Waals surface area contributed by atoms with Crippen molar-refractivity contribution in [1.29, 1.82) is 0 Å². The molecule has 0 heterocycles. The molecule has 0 bridgehead atoms. The predicted molar refractivity (Wildman–Crippen MR) is 74.0 cm³/mol. The Morgan fingerprint density at radius 2 is 2.05 bits per heavy atom. The summed E-state index contributed by atoms with van der Waals surface area (Å²) in [6.07, 6.45) is 0. The number of benzene rings is 1. The Morgan fingerprint density at radius 1 is 1.26 bits per heavy atom. The van der Waals surface area contributed by atoms with Crippen molar-refractivity contribution in [2.24, 2.45) is 0 Å². The molecule has 0 aliphatic rings. The lowest BCUT2D eigenvalue weighted by Gasteiger charge is -2.12. The molecular weight excluding hydrogens is 247 g/mol. The summed E-state index contributed by atoms with van der Waals surface area (Å²) in [4.78, 5) is 1.99. The van der Waals surface area contributed by atoms with Crippen LogP contribution in [0.4, 0.5) is 4.39 Å². The molecule has 1 aromatic carbocycles. The molecule has 19 heavy (non-hydrogen) atoms. The number of hydrogen-bond donors (Lipinski definition) is 1. The van der Waals surface area contributed by atoms with Crippen molar-refractivity contribution in [1.82, 2.24) is 10.2 Å². The molecular formula is C14H23FN2O2. The highest BCUT2D eigenvalue weighted by Crippen LogP contribution is 2.18. The van der Waals surface area contributed by atoms with Gasteiger partial charge in [-0.25, -0.2) is 4.39 Å². The smallest absolute Gasteiger partial charge is 0.165 e. The van der Waals surface area contributed by atoms with Gasteiger partial charge in [-0.1, -0.05) is 6.07 Å².